The molecule has 0 unspecified atom stereocenters. The number of nitrogens with one attached hydrogen (secondary N) is 1. The van der Waals surface area contributed by atoms with Gasteiger partial charge in [0, 0.05) is 18.4 Å². The average molecular weight is 425 g/mol. The highest BCUT2D eigenvalue weighted by atomic mass is 19.3. The number of rotatable bonds is 3. The number of fused-ring (bicyclic) bond motifs is 2. The minimum atomic E-state index is -2.87. The van der Waals surface area contributed by atoms with Crippen molar-refractivity contribution in [2.24, 2.45) is 0 Å². The highest BCUT2D eigenvalue weighted by molar-refractivity contribution is 6.08. The molecule has 0 radical (unpaired) electrons. The number of amides is 2. The minimum absolute atomic E-state index is 0.161. The second-order valence-corrected chi connectivity index (χ2v) is 7.75. The molecule has 0 aliphatic carbocycles. The Labute approximate surface area is 176 Å². The monoisotopic (exact) mass is 425 g/mol. The van der Waals surface area contributed by atoms with Gasteiger partial charge in [0.05, 0.1) is 6.04 Å². The van der Waals surface area contributed by atoms with Crippen LogP contribution in [-0.4, -0.2) is 27.8 Å². The van der Waals surface area contributed by atoms with E-state index in [1.165, 1.54) is 41.3 Å². The summed E-state index contributed by atoms with van der Waals surface area (Å²) in [6, 6.07) is 14.8. The van der Waals surface area contributed by atoms with E-state index in [0.717, 1.165) is 11.8 Å². The van der Waals surface area contributed by atoms with Gasteiger partial charge in [0.1, 0.15) is 16.9 Å². The molecule has 5 nitrogen and oxygen atoms in total. The van der Waals surface area contributed by atoms with Crippen LogP contribution in [0.2, 0.25) is 0 Å². The molecule has 1 N–H and O–H groups in total. The lowest BCUT2D eigenvalue weighted by molar-refractivity contribution is -0.121. The Morgan fingerprint density at radius 2 is 1.81 bits per heavy atom. The van der Waals surface area contributed by atoms with E-state index in [-0.39, 0.29) is 18.1 Å². The first-order chi connectivity index (χ1) is 14.9. The first kappa shape index (κ1) is 19.4. The maximum atomic E-state index is 13.6. The minimum Gasteiger partial charge on any atom is -0.329 e. The van der Waals surface area contributed by atoms with Crippen molar-refractivity contribution in [1.82, 2.24) is 9.47 Å². The Bertz CT molecular complexity index is 1170. The van der Waals surface area contributed by atoms with Gasteiger partial charge in [-0.25, -0.2) is 4.39 Å². The van der Waals surface area contributed by atoms with Crippen molar-refractivity contribution in [3.8, 4) is 0 Å². The van der Waals surface area contributed by atoms with Gasteiger partial charge in [0.2, 0.25) is 5.91 Å². The lowest BCUT2D eigenvalue weighted by atomic mass is 9.72. The lowest BCUT2D eigenvalue weighted by Gasteiger charge is -2.34. The molecule has 3 aromatic rings. The molecule has 1 spiro atoms. The molecule has 1 fully saturated rings. The van der Waals surface area contributed by atoms with E-state index in [1.807, 2.05) is 12.1 Å². The molecule has 2 aliphatic rings. The number of alkyl halides is 2. The first-order valence-corrected chi connectivity index (χ1v) is 9.86. The molecule has 2 aliphatic heterocycles. The number of hydrogen-bond acceptors (Lipinski definition) is 2. The van der Waals surface area contributed by atoms with Crippen molar-refractivity contribution in [2.75, 3.05) is 11.9 Å². The van der Waals surface area contributed by atoms with E-state index in [0.29, 0.717) is 22.2 Å². The largest absolute Gasteiger partial charge is 0.329 e. The number of carbonyl (C=O) groups is 2. The SMILES string of the molecule is O=C(c1cccn1C(F)F)N1CC[C@]2(C(=O)Nc3ccccc32)[C@@H]1c1ccc(F)cc1. The maximum Gasteiger partial charge on any atom is 0.319 e. The fourth-order valence-corrected chi connectivity index (χ4v) is 4.91. The summed E-state index contributed by atoms with van der Waals surface area (Å²) in [4.78, 5) is 28.1. The molecular weight excluding hydrogens is 407 g/mol. The maximum absolute atomic E-state index is 13.6. The highest BCUT2D eigenvalue weighted by Crippen LogP contribution is 2.55. The van der Waals surface area contributed by atoms with Crippen LogP contribution in [-0.2, 0) is 10.2 Å². The van der Waals surface area contributed by atoms with Gasteiger partial charge in [-0.3, -0.25) is 14.2 Å². The van der Waals surface area contributed by atoms with Crippen LogP contribution in [0.3, 0.4) is 0 Å². The van der Waals surface area contributed by atoms with Crippen LogP contribution in [0.15, 0.2) is 66.9 Å². The summed E-state index contributed by atoms with van der Waals surface area (Å²) in [6.07, 6.45) is 1.47. The van der Waals surface area contributed by atoms with E-state index in [2.05, 4.69) is 5.32 Å². The number of hydrogen-bond donors (Lipinski definition) is 1. The van der Waals surface area contributed by atoms with Crippen LogP contribution in [0.4, 0.5) is 18.9 Å². The summed E-state index contributed by atoms with van der Waals surface area (Å²) in [6.45, 7) is -2.68. The molecule has 5 rings (SSSR count). The standard InChI is InChI=1S/C23H18F3N3O2/c24-15-9-7-14(8-10-15)19-23(16-4-1-2-5-17(16)27-21(23)31)11-13-29(19)20(30)18-6-3-12-28(18)22(25)26/h1-10,12,19,22H,11,13H2,(H,27,31)/t19-,23+/m0/s1. The number of carbonyl (C=O) groups excluding carboxylic acids is 2. The van der Waals surface area contributed by atoms with Gasteiger partial charge in [0.25, 0.3) is 5.91 Å². The fraction of sp³-hybridized carbons (Fsp3) is 0.217. The number of para-hydroxylation sites is 1. The van der Waals surface area contributed by atoms with Crippen molar-refractivity contribution in [3.63, 3.8) is 0 Å². The van der Waals surface area contributed by atoms with Gasteiger partial charge < -0.3 is 10.2 Å². The fourth-order valence-electron chi connectivity index (χ4n) is 4.91. The lowest BCUT2D eigenvalue weighted by Crippen LogP contribution is -2.43. The van der Waals surface area contributed by atoms with Gasteiger partial charge in [-0.2, -0.15) is 8.78 Å². The average Bonchev–Trinajstić information content (AvgIpc) is 3.46. The molecule has 8 heteroatoms. The van der Waals surface area contributed by atoms with Crippen LogP contribution >= 0.6 is 0 Å². The first-order valence-electron chi connectivity index (χ1n) is 9.86. The molecule has 2 aromatic carbocycles. The topological polar surface area (TPSA) is 54.3 Å². The summed E-state index contributed by atoms with van der Waals surface area (Å²) < 4.78 is 41.1. The molecule has 2 atom stereocenters. The van der Waals surface area contributed by atoms with Crippen molar-refractivity contribution in [2.45, 2.75) is 24.4 Å². The molecule has 31 heavy (non-hydrogen) atoms. The van der Waals surface area contributed by atoms with Crippen LogP contribution in [0.5, 0.6) is 0 Å². The van der Waals surface area contributed by atoms with Crippen molar-refractivity contribution in [1.29, 1.82) is 0 Å². The molecule has 2 amide bonds. The van der Waals surface area contributed by atoms with E-state index >= 15 is 0 Å². The predicted molar refractivity (Wildman–Crippen MR) is 107 cm³/mol. The second-order valence-electron chi connectivity index (χ2n) is 7.75. The Morgan fingerprint density at radius 1 is 1.06 bits per heavy atom. The highest BCUT2D eigenvalue weighted by Gasteiger charge is 2.59. The van der Waals surface area contributed by atoms with E-state index in [4.69, 9.17) is 0 Å². The Kier molecular flexibility index (Phi) is 4.39. The van der Waals surface area contributed by atoms with E-state index in [1.54, 1.807) is 12.1 Å². The summed E-state index contributed by atoms with van der Waals surface area (Å²) in [5.41, 5.74) is 0.714. The Hall–Kier alpha value is -3.55. The van der Waals surface area contributed by atoms with Gasteiger partial charge in [-0.15, -0.1) is 0 Å². The summed E-state index contributed by atoms with van der Waals surface area (Å²) in [5.74, 6) is -1.31. The smallest absolute Gasteiger partial charge is 0.319 e. The zero-order chi connectivity index (χ0) is 21.8. The van der Waals surface area contributed by atoms with Crippen LogP contribution < -0.4 is 5.32 Å². The molecule has 0 saturated carbocycles. The van der Waals surface area contributed by atoms with Crippen molar-refractivity contribution in [3.05, 3.63) is 89.5 Å². The Balaban J connectivity index is 1.67. The van der Waals surface area contributed by atoms with E-state index in [9.17, 15) is 22.8 Å². The zero-order valence-corrected chi connectivity index (χ0v) is 16.3. The van der Waals surface area contributed by atoms with Crippen molar-refractivity contribution >= 4 is 17.5 Å². The number of aromatic nitrogens is 1. The van der Waals surface area contributed by atoms with Crippen LogP contribution in [0.1, 0.15) is 40.6 Å². The summed E-state index contributed by atoms with van der Waals surface area (Å²) in [7, 11) is 0. The quantitative estimate of drug-likeness (QED) is 0.672. The summed E-state index contributed by atoms with van der Waals surface area (Å²) in [5, 5.41) is 2.89. The Morgan fingerprint density at radius 3 is 2.55 bits per heavy atom. The van der Waals surface area contributed by atoms with E-state index < -0.39 is 29.7 Å². The predicted octanol–water partition coefficient (Wildman–Crippen LogP) is 4.50. The third-order valence-corrected chi connectivity index (χ3v) is 6.24. The number of anilines is 1. The molecule has 1 aromatic heterocycles. The molecule has 0 bridgehead atoms. The molecule has 1 saturated heterocycles. The zero-order valence-electron chi connectivity index (χ0n) is 16.3. The third kappa shape index (κ3) is 2.78. The van der Waals surface area contributed by atoms with Crippen LogP contribution in [0.25, 0.3) is 0 Å². The number of halogens is 3. The number of nitrogens with zero attached hydrogens (tertiary/aromatic N) is 2. The van der Waals surface area contributed by atoms with Gasteiger partial charge in [0.15, 0.2) is 0 Å². The second kappa shape index (κ2) is 7.01. The molecular formula is C23H18F3N3O2. The summed E-state index contributed by atoms with van der Waals surface area (Å²) >= 11 is 0. The van der Waals surface area contributed by atoms with Gasteiger partial charge >= 0.3 is 6.55 Å². The van der Waals surface area contributed by atoms with Crippen LogP contribution in [0, 0.1) is 5.82 Å². The van der Waals surface area contributed by atoms with Crippen molar-refractivity contribution < 1.29 is 22.8 Å². The molecule has 158 valence electrons. The normalized spacial score (nSPS) is 22.3. The molecule has 3 heterocycles. The third-order valence-electron chi connectivity index (χ3n) is 6.24. The number of likely N-dealkylation sites (tertiary alicyclic amines) is 1. The number of benzene rings is 2. The van der Waals surface area contributed by atoms with Gasteiger partial charge in [-0.05, 0) is 47.9 Å². The van der Waals surface area contributed by atoms with Gasteiger partial charge in [-0.1, -0.05) is 30.3 Å².